The maximum absolute atomic E-state index is 13.4. The second kappa shape index (κ2) is 14.8. The SMILES string of the molecule is CCCCC(=O)OCOC(=O)N1C[C@@H](SC2=C(C(=O)OCOC(=O)C(C)(C)C)N3C(=O)[C@H]([C@@H](C)O)[C@H]3[C@H]2C)C[C@H]1C(=O)N(C)C. The summed E-state index contributed by atoms with van der Waals surface area (Å²) in [5, 5.41) is 9.90. The zero-order valence-corrected chi connectivity index (χ0v) is 28.0. The van der Waals surface area contributed by atoms with E-state index in [9.17, 15) is 33.9 Å². The molecule has 3 rings (SSSR count). The number of hydrogen-bond donors (Lipinski definition) is 1. The number of ether oxygens (including phenoxy) is 4. The molecular formula is C30H45N3O11S. The van der Waals surface area contributed by atoms with Crippen LogP contribution >= 0.6 is 11.8 Å². The Bertz CT molecular complexity index is 1210. The first kappa shape index (κ1) is 36.1. The van der Waals surface area contributed by atoms with Crippen molar-refractivity contribution in [2.24, 2.45) is 17.3 Å². The van der Waals surface area contributed by atoms with Crippen molar-refractivity contribution in [1.82, 2.24) is 14.7 Å². The molecule has 3 aliphatic rings. The maximum atomic E-state index is 13.4. The molecule has 2 fully saturated rings. The van der Waals surface area contributed by atoms with Gasteiger partial charge in [-0.1, -0.05) is 20.3 Å². The van der Waals surface area contributed by atoms with Crippen LogP contribution in [0.3, 0.4) is 0 Å². The molecule has 3 aliphatic heterocycles. The number of likely N-dealkylation sites (tertiary alicyclic amines) is 1. The summed E-state index contributed by atoms with van der Waals surface area (Å²) in [6, 6.07) is -1.38. The Labute approximate surface area is 267 Å². The Kier molecular flexibility index (Phi) is 11.9. The van der Waals surface area contributed by atoms with Gasteiger partial charge in [-0.2, -0.15) is 0 Å². The van der Waals surface area contributed by atoms with Crippen LogP contribution in [0.2, 0.25) is 0 Å². The van der Waals surface area contributed by atoms with Gasteiger partial charge in [-0.25, -0.2) is 9.59 Å². The number of amides is 3. The predicted molar refractivity (Wildman–Crippen MR) is 161 cm³/mol. The number of hydrogen-bond acceptors (Lipinski definition) is 12. The van der Waals surface area contributed by atoms with Gasteiger partial charge in [-0.3, -0.25) is 24.1 Å². The smallest absolute Gasteiger partial charge is 0.413 e. The highest BCUT2D eigenvalue weighted by Gasteiger charge is 2.60. The number of aliphatic hydroxyl groups is 1. The molecule has 3 amide bonds. The Morgan fingerprint density at radius 3 is 2.29 bits per heavy atom. The fourth-order valence-electron chi connectivity index (χ4n) is 5.51. The molecule has 0 aromatic carbocycles. The van der Waals surface area contributed by atoms with Crippen LogP contribution in [0.1, 0.15) is 67.2 Å². The monoisotopic (exact) mass is 655 g/mol. The molecule has 15 heteroatoms. The van der Waals surface area contributed by atoms with Gasteiger partial charge in [0, 0.05) is 43.1 Å². The van der Waals surface area contributed by atoms with Gasteiger partial charge in [0.25, 0.3) is 0 Å². The van der Waals surface area contributed by atoms with Crippen molar-refractivity contribution in [1.29, 1.82) is 0 Å². The van der Waals surface area contributed by atoms with E-state index in [0.29, 0.717) is 11.3 Å². The van der Waals surface area contributed by atoms with Crippen molar-refractivity contribution in [3.63, 3.8) is 0 Å². The van der Waals surface area contributed by atoms with E-state index < -0.39 is 78.3 Å². The lowest BCUT2D eigenvalue weighted by atomic mass is 9.79. The Morgan fingerprint density at radius 2 is 1.71 bits per heavy atom. The molecule has 0 aromatic heterocycles. The van der Waals surface area contributed by atoms with Crippen molar-refractivity contribution in [2.45, 2.75) is 90.7 Å². The van der Waals surface area contributed by atoms with Crippen LogP contribution in [0.15, 0.2) is 10.6 Å². The molecule has 0 radical (unpaired) electrons. The van der Waals surface area contributed by atoms with E-state index in [1.165, 1.54) is 33.4 Å². The Balaban J connectivity index is 1.80. The quantitative estimate of drug-likeness (QED) is 0.185. The number of nitrogens with zero attached hydrogens (tertiary/aromatic N) is 3. The van der Waals surface area contributed by atoms with E-state index in [-0.39, 0.29) is 36.9 Å². The van der Waals surface area contributed by atoms with Gasteiger partial charge in [0.15, 0.2) is 0 Å². The van der Waals surface area contributed by atoms with E-state index in [4.69, 9.17) is 18.9 Å². The van der Waals surface area contributed by atoms with Gasteiger partial charge < -0.3 is 33.9 Å². The van der Waals surface area contributed by atoms with Crippen molar-refractivity contribution in [3.8, 4) is 0 Å². The minimum absolute atomic E-state index is 0.0123. The zero-order valence-electron chi connectivity index (χ0n) is 27.2. The number of β-lactam (4-membered cyclic amide) rings is 1. The molecule has 0 bridgehead atoms. The summed E-state index contributed by atoms with van der Waals surface area (Å²) in [4.78, 5) is 81.0. The van der Waals surface area contributed by atoms with Crippen molar-refractivity contribution >= 4 is 47.6 Å². The summed E-state index contributed by atoms with van der Waals surface area (Å²) < 4.78 is 20.5. The molecule has 252 valence electrons. The molecule has 2 saturated heterocycles. The summed E-state index contributed by atoms with van der Waals surface area (Å²) in [5.74, 6) is -3.80. The number of esters is 3. The molecule has 14 nitrogen and oxygen atoms in total. The normalized spacial score (nSPS) is 24.9. The highest BCUT2D eigenvalue weighted by Crippen LogP contribution is 2.52. The fraction of sp³-hybridized carbons (Fsp3) is 0.733. The molecule has 3 heterocycles. The van der Waals surface area contributed by atoms with Crippen molar-refractivity contribution < 1.29 is 52.8 Å². The van der Waals surface area contributed by atoms with Crippen LogP contribution in [-0.2, 0) is 42.9 Å². The molecule has 0 aliphatic carbocycles. The second-order valence-electron chi connectivity index (χ2n) is 12.7. The molecule has 0 unspecified atom stereocenters. The Morgan fingerprint density at radius 1 is 1.07 bits per heavy atom. The van der Waals surface area contributed by atoms with Crippen LogP contribution in [0.4, 0.5) is 4.79 Å². The third kappa shape index (κ3) is 8.10. The lowest BCUT2D eigenvalue weighted by Gasteiger charge is -2.46. The lowest BCUT2D eigenvalue weighted by molar-refractivity contribution is -0.175. The van der Waals surface area contributed by atoms with E-state index in [1.807, 2.05) is 13.8 Å². The predicted octanol–water partition coefficient (Wildman–Crippen LogP) is 2.24. The molecule has 45 heavy (non-hydrogen) atoms. The number of unbranched alkanes of at least 4 members (excludes halogenated alkanes) is 1. The number of rotatable bonds is 12. The first-order valence-electron chi connectivity index (χ1n) is 15.1. The molecule has 0 aromatic rings. The number of aliphatic hydroxyl groups excluding tert-OH is 1. The summed E-state index contributed by atoms with van der Waals surface area (Å²) in [7, 11) is 3.13. The largest absolute Gasteiger partial charge is 0.428 e. The third-order valence-electron chi connectivity index (χ3n) is 7.95. The van der Waals surface area contributed by atoms with Gasteiger partial charge in [-0.15, -0.1) is 11.8 Å². The van der Waals surface area contributed by atoms with E-state index in [1.54, 1.807) is 34.9 Å². The number of carbonyl (C=O) groups is 6. The number of likely N-dealkylation sites (N-methyl/N-ethyl adjacent to an activating group) is 1. The summed E-state index contributed by atoms with van der Waals surface area (Å²) in [6.07, 6.45) is 0.0832. The van der Waals surface area contributed by atoms with Gasteiger partial charge in [-0.05, 0) is 40.5 Å². The molecule has 1 N–H and O–H groups in total. The van der Waals surface area contributed by atoms with Gasteiger partial charge in [0.2, 0.25) is 25.4 Å². The molecule has 0 spiro atoms. The highest BCUT2D eigenvalue weighted by atomic mass is 32.2. The van der Waals surface area contributed by atoms with E-state index in [2.05, 4.69) is 0 Å². The van der Waals surface area contributed by atoms with Crippen molar-refractivity contribution in [2.75, 3.05) is 34.2 Å². The summed E-state index contributed by atoms with van der Waals surface area (Å²) in [6.45, 7) is 9.07. The first-order chi connectivity index (χ1) is 21.0. The summed E-state index contributed by atoms with van der Waals surface area (Å²) >= 11 is 1.25. The molecule has 0 saturated carbocycles. The topological polar surface area (TPSA) is 169 Å². The van der Waals surface area contributed by atoms with E-state index >= 15 is 0 Å². The van der Waals surface area contributed by atoms with Crippen LogP contribution in [0, 0.1) is 17.3 Å². The maximum Gasteiger partial charge on any atom is 0.413 e. The van der Waals surface area contributed by atoms with Gasteiger partial charge in [0.05, 0.1) is 23.5 Å². The fourth-order valence-corrected chi connectivity index (χ4v) is 7.03. The molecular weight excluding hydrogens is 610 g/mol. The number of thioether (sulfide) groups is 1. The third-order valence-corrected chi connectivity index (χ3v) is 9.44. The van der Waals surface area contributed by atoms with Gasteiger partial charge >= 0.3 is 24.0 Å². The summed E-state index contributed by atoms with van der Waals surface area (Å²) in [5.41, 5.74) is -0.827. The average molecular weight is 656 g/mol. The first-order valence-corrected chi connectivity index (χ1v) is 16.0. The number of carbonyl (C=O) groups excluding carboxylic acids is 6. The van der Waals surface area contributed by atoms with Crippen LogP contribution in [0.25, 0.3) is 0 Å². The zero-order chi connectivity index (χ0) is 33.8. The highest BCUT2D eigenvalue weighted by molar-refractivity contribution is 8.03. The van der Waals surface area contributed by atoms with E-state index in [0.717, 1.165) is 6.42 Å². The van der Waals surface area contributed by atoms with Crippen LogP contribution in [0.5, 0.6) is 0 Å². The molecule has 6 atom stereocenters. The number of fused-ring (bicyclic) bond motifs is 1. The minimum atomic E-state index is -0.953. The standard InChI is InChI=1S/C30H45N3O11S/c1-9-10-11-20(35)41-14-44-29(40)32-13-18(12-19(32)25(36)31(7)8)45-24-16(2)22-21(17(3)34)26(37)33(22)23(24)27(38)42-15-43-28(39)30(4,5)6/h16-19,21-22,34H,9-15H2,1-8H3/t16-,17-,18+,19+,21-,22-/m1/s1. The van der Waals surface area contributed by atoms with Crippen LogP contribution in [-0.4, -0.2) is 113 Å². The lowest BCUT2D eigenvalue weighted by Crippen LogP contribution is -2.63. The minimum Gasteiger partial charge on any atom is -0.428 e. The van der Waals surface area contributed by atoms with Crippen molar-refractivity contribution in [3.05, 3.63) is 10.6 Å². The second-order valence-corrected chi connectivity index (χ2v) is 14.1. The van der Waals surface area contributed by atoms with Crippen LogP contribution < -0.4 is 0 Å². The average Bonchev–Trinajstić information content (AvgIpc) is 3.47. The van der Waals surface area contributed by atoms with Gasteiger partial charge in [0.1, 0.15) is 11.7 Å². The Hall–Kier alpha value is -3.33.